The van der Waals surface area contributed by atoms with Crippen molar-refractivity contribution in [3.05, 3.63) is 93.5 Å². The van der Waals surface area contributed by atoms with Gasteiger partial charge in [-0.15, -0.1) is 0 Å². The summed E-state index contributed by atoms with van der Waals surface area (Å²) in [5.41, 5.74) is 4.28. The summed E-state index contributed by atoms with van der Waals surface area (Å²) >= 11 is 12.2. The standard InChI is InChI=1S/C24H21Cl2N3O5S/c1-16-3-9-22(10-4-16)35(32,33)29(21-12-19(25)11-20(26)13-21)15-23(30)28-27-14-17-5-7-18(8-6-17)24(31)34-2/h3-14H,15H2,1-2H3,(H,28,30)/b27-14-. The van der Waals surface area contributed by atoms with Crippen molar-refractivity contribution in [1.82, 2.24) is 5.43 Å². The second-order valence-corrected chi connectivity index (χ2v) is 10.1. The summed E-state index contributed by atoms with van der Waals surface area (Å²) in [5, 5.41) is 4.30. The summed E-state index contributed by atoms with van der Waals surface area (Å²) < 4.78 is 32.3. The molecule has 0 aliphatic rings. The van der Waals surface area contributed by atoms with Gasteiger partial charge in [0.1, 0.15) is 6.54 Å². The number of nitrogens with zero attached hydrogens (tertiary/aromatic N) is 2. The van der Waals surface area contributed by atoms with Crippen molar-refractivity contribution in [3.63, 3.8) is 0 Å². The molecule has 0 saturated carbocycles. The van der Waals surface area contributed by atoms with E-state index in [9.17, 15) is 18.0 Å². The molecule has 0 aromatic heterocycles. The van der Waals surface area contributed by atoms with Gasteiger partial charge >= 0.3 is 5.97 Å². The first-order chi connectivity index (χ1) is 16.6. The van der Waals surface area contributed by atoms with Crippen LogP contribution in [0.3, 0.4) is 0 Å². The van der Waals surface area contributed by atoms with Crippen LogP contribution in [0.1, 0.15) is 21.5 Å². The Morgan fingerprint density at radius 3 is 2.17 bits per heavy atom. The van der Waals surface area contributed by atoms with Crippen LogP contribution in [0.5, 0.6) is 0 Å². The third-order valence-electron chi connectivity index (χ3n) is 4.77. The number of halogens is 2. The highest BCUT2D eigenvalue weighted by Gasteiger charge is 2.27. The maximum atomic E-state index is 13.4. The zero-order chi connectivity index (χ0) is 25.6. The van der Waals surface area contributed by atoms with Crippen LogP contribution in [0.25, 0.3) is 0 Å². The number of esters is 1. The minimum absolute atomic E-state index is 0.00111. The molecule has 0 aliphatic heterocycles. The van der Waals surface area contributed by atoms with E-state index in [4.69, 9.17) is 23.2 Å². The van der Waals surface area contributed by atoms with Gasteiger partial charge in [-0.05, 0) is 55.0 Å². The molecule has 0 spiro atoms. The second-order valence-electron chi connectivity index (χ2n) is 7.36. The number of hydrogen-bond donors (Lipinski definition) is 1. The first kappa shape index (κ1) is 26.2. The molecule has 3 aromatic carbocycles. The van der Waals surface area contributed by atoms with Gasteiger partial charge in [0, 0.05) is 10.0 Å². The predicted octanol–water partition coefficient (Wildman–Crippen LogP) is 4.43. The Morgan fingerprint density at radius 1 is 1.00 bits per heavy atom. The minimum atomic E-state index is -4.13. The van der Waals surface area contributed by atoms with Crippen molar-refractivity contribution in [2.45, 2.75) is 11.8 Å². The number of carbonyl (C=O) groups is 2. The Balaban J connectivity index is 1.82. The Hall–Kier alpha value is -3.40. The molecule has 0 aliphatic carbocycles. The fourth-order valence-corrected chi connectivity index (χ4v) is 4.92. The smallest absolute Gasteiger partial charge is 0.337 e. The van der Waals surface area contributed by atoms with E-state index in [-0.39, 0.29) is 20.6 Å². The second kappa shape index (κ2) is 11.4. The fourth-order valence-electron chi connectivity index (χ4n) is 3.00. The fraction of sp³-hybridized carbons (Fsp3) is 0.125. The van der Waals surface area contributed by atoms with Crippen LogP contribution in [0.4, 0.5) is 5.69 Å². The summed E-state index contributed by atoms with van der Waals surface area (Å²) in [7, 11) is -2.85. The molecule has 35 heavy (non-hydrogen) atoms. The number of anilines is 1. The lowest BCUT2D eigenvalue weighted by Gasteiger charge is -2.24. The van der Waals surface area contributed by atoms with Gasteiger partial charge in [-0.2, -0.15) is 5.10 Å². The van der Waals surface area contributed by atoms with Gasteiger partial charge < -0.3 is 4.74 Å². The lowest BCUT2D eigenvalue weighted by atomic mass is 10.1. The Bertz CT molecular complexity index is 1340. The predicted molar refractivity (Wildman–Crippen MR) is 136 cm³/mol. The topological polar surface area (TPSA) is 105 Å². The first-order valence-electron chi connectivity index (χ1n) is 10.2. The van der Waals surface area contributed by atoms with Gasteiger partial charge in [0.2, 0.25) is 0 Å². The van der Waals surface area contributed by atoms with Crippen molar-refractivity contribution in [2.75, 3.05) is 18.0 Å². The van der Waals surface area contributed by atoms with Crippen LogP contribution >= 0.6 is 23.2 Å². The van der Waals surface area contributed by atoms with Crippen molar-refractivity contribution >= 4 is 57.0 Å². The maximum absolute atomic E-state index is 13.4. The van der Waals surface area contributed by atoms with E-state index in [0.717, 1.165) is 9.87 Å². The molecule has 0 unspecified atom stereocenters. The van der Waals surface area contributed by atoms with Crippen molar-refractivity contribution in [2.24, 2.45) is 5.10 Å². The minimum Gasteiger partial charge on any atom is -0.465 e. The lowest BCUT2D eigenvalue weighted by Crippen LogP contribution is -2.39. The molecule has 8 nitrogen and oxygen atoms in total. The number of nitrogens with one attached hydrogen (secondary N) is 1. The van der Waals surface area contributed by atoms with Gasteiger partial charge in [0.05, 0.1) is 29.5 Å². The Morgan fingerprint density at radius 2 is 1.60 bits per heavy atom. The number of ether oxygens (including phenoxy) is 1. The van der Waals surface area contributed by atoms with Crippen molar-refractivity contribution in [3.8, 4) is 0 Å². The molecule has 182 valence electrons. The average Bonchev–Trinajstić information content (AvgIpc) is 2.82. The number of hydrazone groups is 1. The monoisotopic (exact) mass is 533 g/mol. The van der Waals surface area contributed by atoms with Crippen LogP contribution in [0, 0.1) is 6.92 Å². The molecule has 0 fully saturated rings. The molecule has 3 aromatic rings. The number of carbonyl (C=O) groups excluding carboxylic acids is 2. The van der Waals surface area contributed by atoms with Crippen LogP contribution < -0.4 is 9.73 Å². The molecule has 0 heterocycles. The highest BCUT2D eigenvalue weighted by molar-refractivity contribution is 7.92. The molecule has 11 heteroatoms. The van der Waals surface area contributed by atoms with Crippen molar-refractivity contribution < 1.29 is 22.7 Å². The van der Waals surface area contributed by atoms with E-state index in [1.54, 1.807) is 36.4 Å². The van der Waals surface area contributed by atoms with Crippen LogP contribution in [0.2, 0.25) is 10.0 Å². The summed E-state index contributed by atoms with van der Waals surface area (Å²) in [6.07, 6.45) is 1.36. The quantitative estimate of drug-likeness (QED) is 0.262. The lowest BCUT2D eigenvalue weighted by molar-refractivity contribution is -0.119. The number of benzene rings is 3. The van der Waals surface area contributed by atoms with Crippen LogP contribution in [0.15, 0.2) is 76.7 Å². The molecule has 1 amide bonds. The van der Waals surface area contributed by atoms with E-state index in [1.807, 2.05) is 6.92 Å². The maximum Gasteiger partial charge on any atom is 0.337 e. The number of hydrogen-bond acceptors (Lipinski definition) is 6. The van der Waals surface area contributed by atoms with Gasteiger partial charge in [0.15, 0.2) is 0 Å². The van der Waals surface area contributed by atoms with E-state index in [2.05, 4.69) is 15.3 Å². The van der Waals surface area contributed by atoms with E-state index < -0.39 is 28.4 Å². The summed E-state index contributed by atoms with van der Waals surface area (Å²) in [6, 6.07) is 16.8. The highest BCUT2D eigenvalue weighted by atomic mass is 35.5. The molecule has 0 bridgehead atoms. The first-order valence-corrected chi connectivity index (χ1v) is 12.4. The van der Waals surface area contributed by atoms with E-state index in [0.29, 0.717) is 11.1 Å². The molecular weight excluding hydrogens is 513 g/mol. The number of methoxy groups -OCH3 is 1. The van der Waals surface area contributed by atoms with Gasteiger partial charge in [0.25, 0.3) is 15.9 Å². The molecule has 0 atom stereocenters. The number of aryl methyl sites for hydroxylation is 1. The third-order valence-corrected chi connectivity index (χ3v) is 6.99. The Kier molecular flexibility index (Phi) is 8.50. The summed E-state index contributed by atoms with van der Waals surface area (Å²) in [6.45, 7) is 1.25. The zero-order valence-corrected chi connectivity index (χ0v) is 21.1. The summed E-state index contributed by atoms with van der Waals surface area (Å²) in [4.78, 5) is 24.2. The molecule has 0 radical (unpaired) electrons. The number of rotatable bonds is 8. The van der Waals surface area contributed by atoms with E-state index in [1.165, 1.54) is 43.7 Å². The van der Waals surface area contributed by atoms with Crippen LogP contribution in [-0.2, 0) is 19.6 Å². The third kappa shape index (κ3) is 6.82. The largest absolute Gasteiger partial charge is 0.465 e. The van der Waals surface area contributed by atoms with Gasteiger partial charge in [-0.1, -0.05) is 53.0 Å². The zero-order valence-electron chi connectivity index (χ0n) is 18.7. The highest BCUT2D eigenvalue weighted by Crippen LogP contribution is 2.29. The number of amides is 1. The number of sulfonamides is 1. The normalized spacial score (nSPS) is 11.3. The molecular formula is C24H21Cl2N3O5S. The average molecular weight is 534 g/mol. The van der Waals surface area contributed by atoms with Crippen LogP contribution in [-0.4, -0.2) is 40.2 Å². The SMILES string of the molecule is COC(=O)c1ccc(/C=N\NC(=O)CN(c2cc(Cl)cc(Cl)c2)S(=O)(=O)c2ccc(C)cc2)cc1. The summed E-state index contributed by atoms with van der Waals surface area (Å²) in [5.74, 6) is -1.17. The van der Waals surface area contributed by atoms with E-state index >= 15 is 0 Å². The van der Waals surface area contributed by atoms with Crippen molar-refractivity contribution in [1.29, 1.82) is 0 Å². The van der Waals surface area contributed by atoms with Gasteiger partial charge in [-0.3, -0.25) is 9.10 Å². The molecule has 3 rings (SSSR count). The molecule has 0 saturated heterocycles. The van der Waals surface area contributed by atoms with Gasteiger partial charge in [-0.25, -0.2) is 18.6 Å². The Labute approximate surface area is 213 Å². The molecule has 1 N–H and O–H groups in total.